The van der Waals surface area contributed by atoms with E-state index in [1.165, 1.54) is 25.5 Å². The van der Waals surface area contributed by atoms with Gasteiger partial charge in [0, 0.05) is 12.6 Å². The van der Waals surface area contributed by atoms with E-state index in [2.05, 4.69) is 24.2 Å². The van der Waals surface area contributed by atoms with Gasteiger partial charge in [-0.15, -0.1) is 0 Å². The van der Waals surface area contributed by atoms with Crippen molar-refractivity contribution in [1.82, 2.24) is 4.90 Å². The monoisotopic (exact) mass is 236 g/mol. The topological polar surface area (TPSA) is 15.3 Å². The predicted octanol–water partition coefficient (Wildman–Crippen LogP) is 2.97. The highest BCUT2D eigenvalue weighted by Gasteiger charge is 2.23. The van der Waals surface area contributed by atoms with Crippen LogP contribution in [0.3, 0.4) is 0 Å². The summed E-state index contributed by atoms with van der Waals surface area (Å²) < 4.78 is 13.5. The average Bonchev–Trinajstić information content (AvgIpc) is 2.32. The third-order valence-corrected chi connectivity index (χ3v) is 3.63. The molecule has 1 fully saturated rings. The second-order valence-corrected chi connectivity index (χ2v) is 5.08. The molecule has 0 aliphatic carbocycles. The van der Waals surface area contributed by atoms with Gasteiger partial charge in [-0.25, -0.2) is 4.39 Å². The van der Waals surface area contributed by atoms with Gasteiger partial charge in [-0.2, -0.15) is 0 Å². The zero-order chi connectivity index (χ0) is 12.3. The molecule has 1 N–H and O–H groups in total. The Morgan fingerprint density at radius 1 is 1.41 bits per heavy atom. The highest BCUT2D eigenvalue weighted by Crippen LogP contribution is 2.22. The van der Waals surface area contributed by atoms with Crippen LogP contribution in [0.5, 0.6) is 0 Å². The number of anilines is 1. The molecule has 1 aromatic rings. The van der Waals surface area contributed by atoms with Crippen LogP contribution < -0.4 is 5.32 Å². The summed E-state index contributed by atoms with van der Waals surface area (Å²) in [6, 6.07) is 7.21. The van der Waals surface area contributed by atoms with Crippen molar-refractivity contribution in [2.75, 3.05) is 25.5 Å². The van der Waals surface area contributed by atoms with E-state index in [1.807, 2.05) is 6.07 Å². The Morgan fingerprint density at radius 3 is 2.88 bits per heavy atom. The maximum Gasteiger partial charge on any atom is 0.146 e. The average molecular weight is 236 g/mol. The van der Waals surface area contributed by atoms with Crippen LogP contribution in [0.1, 0.15) is 19.8 Å². The third-order valence-electron chi connectivity index (χ3n) is 3.63. The summed E-state index contributed by atoms with van der Waals surface area (Å²) in [7, 11) is 2.15. The van der Waals surface area contributed by atoms with Crippen molar-refractivity contribution in [3.8, 4) is 0 Å². The van der Waals surface area contributed by atoms with E-state index < -0.39 is 0 Å². The van der Waals surface area contributed by atoms with Crippen LogP contribution in [-0.2, 0) is 0 Å². The maximum atomic E-state index is 13.5. The summed E-state index contributed by atoms with van der Waals surface area (Å²) in [5.41, 5.74) is 0.619. The highest BCUT2D eigenvalue weighted by molar-refractivity contribution is 5.45. The van der Waals surface area contributed by atoms with Crippen LogP contribution in [0.2, 0.25) is 0 Å². The van der Waals surface area contributed by atoms with Gasteiger partial charge in [0.25, 0.3) is 0 Å². The Labute approximate surface area is 103 Å². The Balaban J connectivity index is 1.96. The van der Waals surface area contributed by atoms with Gasteiger partial charge in [-0.1, -0.05) is 12.1 Å². The Kier molecular flexibility index (Phi) is 4.00. The van der Waals surface area contributed by atoms with Gasteiger partial charge in [-0.3, -0.25) is 0 Å². The number of nitrogens with zero attached hydrogens (tertiary/aromatic N) is 1. The fourth-order valence-corrected chi connectivity index (χ4v) is 2.56. The molecule has 0 spiro atoms. The molecule has 1 aliphatic heterocycles. The molecule has 94 valence electrons. The van der Waals surface area contributed by atoms with Crippen molar-refractivity contribution >= 4 is 5.69 Å². The standard InChI is InChI=1S/C14H21FN2/c1-11(12-6-5-9-17(2)10-12)16-14-8-4-3-7-13(14)15/h3-4,7-8,11-12,16H,5-6,9-10H2,1-2H3. The zero-order valence-electron chi connectivity index (χ0n) is 10.6. The fourth-order valence-electron chi connectivity index (χ4n) is 2.56. The summed E-state index contributed by atoms with van der Waals surface area (Å²) in [6.07, 6.45) is 2.47. The Bertz CT molecular complexity index is 367. The van der Waals surface area contributed by atoms with E-state index in [0.29, 0.717) is 17.6 Å². The van der Waals surface area contributed by atoms with Crippen molar-refractivity contribution in [1.29, 1.82) is 0 Å². The van der Waals surface area contributed by atoms with E-state index in [1.54, 1.807) is 12.1 Å². The van der Waals surface area contributed by atoms with Gasteiger partial charge in [0.1, 0.15) is 5.82 Å². The van der Waals surface area contributed by atoms with Crippen LogP contribution >= 0.6 is 0 Å². The molecule has 1 aromatic carbocycles. The summed E-state index contributed by atoms with van der Waals surface area (Å²) in [5, 5.41) is 3.30. The number of benzene rings is 1. The molecule has 1 saturated heterocycles. The number of likely N-dealkylation sites (tertiary alicyclic amines) is 1. The van der Waals surface area contributed by atoms with Crippen LogP contribution in [0.25, 0.3) is 0 Å². The molecule has 0 aromatic heterocycles. The SMILES string of the molecule is CC(Nc1ccccc1F)C1CCCN(C)C1. The molecule has 2 nitrogen and oxygen atoms in total. The molecule has 0 amide bonds. The lowest BCUT2D eigenvalue weighted by atomic mass is 9.92. The number of piperidine rings is 1. The molecule has 1 aliphatic rings. The quantitative estimate of drug-likeness (QED) is 0.868. The van der Waals surface area contributed by atoms with Crippen molar-refractivity contribution in [2.24, 2.45) is 5.92 Å². The van der Waals surface area contributed by atoms with Crippen LogP contribution in [0.4, 0.5) is 10.1 Å². The third kappa shape index (κ3) is 3.19. The van der Waals surface area contributed by atoms with Gasteiger partial charge in [-0.05, 0) is 51.4 Å². The minimum Gasteiger partial charge on any atom is -0.380 e. The first kappa shape index (κ1) is 12.4. The number of hydrogen-bond acceptors (Lipinski definition) is 2. The highest BCUT2D eigenvalue weighted by atomic mass is 19.1. The maximum absolute atomic E-state index is 13.5. The molecule has 2 rings (SSSR count). The lowest BCUT2D eigenvalue weighted by molar-refractivity contribution is 0.197. The van der Waals surface area contributed by atoms with Crippen molar-refractivity contribution in [2.45, 2.75) is 25.8 Å². The molecule has 1 heterocycles. The van der Waals surface area contributed by atoms with Crippen LogP contribution in [-0.4, -0.2) is 31.1 Å². The van der Waals surface area contributed by atoms with Crippen LogP contribution in [0, 0.1) is 11.7 Å². The van der Waals surface area contributed by atoms with Crippen LogP contribution in [0.15, 0.2) is 24.3 Å². The number of para-hydroxylation sites is 1. The van der Waals surface area contributed by atoms with Gasteiger partial charge in [0.2, 0.25) is 0 Å². The van der Waals surface area contributed by atoms with Gasteiger partial charge in [0.05, 0.1) is 5.69 Å². The number of nitrogens with one attached hydrogen (secondary N) is 1. The fraction of sp³-hybridized carbons (Fsp3) is 0.571. The normalized spacial score (nSPS) is 23.4. The number of rotatable bonds is 3. The summed E-state index contributed by atoms with van der Waals surface area (Å²) in [4.78, 5) is 2.35. The first-order valence-electron chi connectivity index (χ1n) is 6.36. The second kappa shape index (κ2) is 5.50. The van der Waals surface area contributed by atoms with E-state index in [4.69, 9.17) is 0 Å². The number of halogens is 1. The summed E-state index contributed by atoms with van der Waals surface area (Å²) in [5.74, 6) is 0.442. The number of hydrogen-bond donors (Lipinski definition) is 1. The van der Waals surface area contributed by atoms with E-state index in [0.717, 1.165) is 6.54 Å². The summed E-state index contributed by atoms with van der Waals surface area (Å²) >= 11 is 0. The first-order valence-corrected chi connectivity index (χ1v) is 6.36. The molecule has 17 heavy (non-hydrogen) atoms. The molecule has 0 bridgehead atoms. The molecule has 0 radical (unpaired) electrons. The van der Waals surface area contributed by atoms with Gasteiger partial charge >= 0.3 is 0 Å². The van der Waals surface area contributed by atoms with Crippen molar-refractivity contribution < 1.29 is 4.39 Å². The van der Waals surface area contributed by atoms with Crippen molar-refractivity contribution in [3.63, 3.8) is 0 Å². The van der Waals surface area contributed by atoms with Gasteiger partial charge in [0.15, 0.2) is 0 Å². The minimum absolute atomic E-state index is 0.163. The first-order chi connectivity index (χ1) is 8.16. The molecule has 3 heteroatoms. The lowest BCUT2D eigenvalue weighted by Gasteiger charge is -2.34. The largest absolute Gasteiger partial charge is 0.380 e. The summed E-state index contributed by atoms with van der Waals surface area (Å²) in [6.45, 7) is 4.43. The molecular weight excluding hydrogens is 215 g/mol. The second-order valence-electron chi connectivity index (χ2n) is 5.08. The predicted molar refractivity (Wildman–Crippen MR) is 69.7 cm³/mol. The van der Waals surface area contributed by atoms with E-state index in [-0.39, 0.29) is 5.82 Å². The minimum atomic E-state index is -0.163. The Hall–Kier alpha value is -1.09. The van der Waals surface area contributed by atoms with Gasteiger partial charge < -0.3 is 10.2 Å². The Morgan fingerprint density at radius 2 is 2.18 bits per heavy atom. The van der Waals surface area contributed by atoms with E-state index in [9.17, 15) is 4.39 Å². The smallest absolute Gasteiger partial charge is 0.146 e. The molecule has 2 atom stereocenters. The molecule has 0 saturated carbocycles. The van der Waals surface area contributed by atoms with E-state index >= 15 is 0 Å². The molecule has 2 unspecified atom stereocenters. The van der Waals surface area contributed by atoms with Crippen molar-refractivity contribution in [3.05, 3.63) is 30.1 Å². The zero-order valence-corrected chi connectivity index (χ0v) is 10.6. The lowest BCUT2D eigenvalue weighted by Crippen LogP contribution is -2.40. The molecular formula is C14H21FN2.